The molecule has 0 saturated heterocycles. The Labute approximate surface area is 286 Å². The quantitative estimate of drug-likeness (QED) is 0.0949. The van der Waals surface area contributed by atoms with Crippen molar-refractivity contribution in [1.29, 1.82) is 0 Å². The molecule has 3 unspecified atom stereocenters. The van der Waals surface area contributed by atoms with Crippen molar-refractivity contribution in [2.24, 2.45) is 58.0 Å². The average Bonchev–Trinajstić information content (AvgIpc) is 3.40. The van der Waals surface area contributed by atoms with Gasteiger partial charge in [-0.15, -0.1) is 0 Å². The van der Waals surface area contributed by atoms with Crippen molar-refractivity contribution in [3.8, 4) is 0 Å². The molecular formula is C38H71N5O4. The monoisotopic (exact) mass is 662 g/mol. The van der Waals surface area contributed by atoms with Gasteiger partial charge in [-0.1, -0.05) is 34.6 Å². The van der Waals surface area contributed by atoms with E-state index >= 15 is 0 Å². The number of aliphatic hydroxyl groups is 1. The fraction of sp³-hybridized carbons (Fsp3) is 0.947. The summed E-state index contributed by atoms with van der Waals surface area (Å²) in [6, 6.07) is -0.0248. The SMILES string of the molecule is COC(=O)[C@@H](NC(=O)CC[C@@H](C)[C@H]1CCC2C3C(CC[C@@]21C)[C@@]1(C)CC[C@H](NCCCNCCNCCCN)C[C@H]1C[C@H]3O)C(C)C. The first-order valence-corrected chi connectivity index (χ1v) is 19.4. The molecule has 1 amide bonds. The van der Waals surface area contributed by atoms with E-state index in [2.05, 4.69) is 42.0 Å². The van der Waals surface area contributed by atoms with E-state index in [0.29, 0.717) is 53.4 Å². The van der Waals surface area contributed by atoms with Crippen molar-refractivity contribution in [1.82, 2.24) is 21.3 Å². The zero-order valence-electron chi connectivity index (χ0n) is 30.8. The summed E-state index contributed by atoms with van der Waals surface area (Å²) in [7, 11) is 1.37. The highest BCUT2D eigenvalue weighted by Gasteiger charge is 2.62. The summed E-state index contributed by atoms with van der Waals surface area (Å²) in [6.07, 6.45) is 12.8. The lowest BCUT2D eigenvalue weighted by Crippen LogP contribution is -2.59. The van der Waals surface area contributed by atoms with E-state index in [1.165, 1.54) is 52.1 Å². The van der Waals surface area contributed by atoms with Gasteiger partial charge in [0.05, 0.1) is 13.2 Å². The van der Waals surface area contributed by atoms with Crippen LogP contribution < -0.4 is 27.0 Å². The molecule has 0 aromatic heterocycles. The van der Waals surface area contributed by atoms with Crippen LogP contribution in [0.25, 0.3) is 0 Å². The zero-order valence-corrected chi connectivity index (χ0v) is 30.8. The maximum absolute atomic E-state index is 12.9. The number of methoxy groups -OCH3 is 1. The van der Waals surface area contributed by atoms with Gasteiger partial charge in [0.15, 0.2) is 0 Å². The first-order valence-electron chi connectivity index (χ1n) is 19.4. The standard InChI is InChI=1S/C38H71N5O4/c1-25(2)35(36(46)47-6)43-33(45)12-9-26(3)29-10-11-30-34-31(14-16-38(29,30)5)37(4)15-13-28(23-27(37)24-32(34)44)42-20-8-19-41-22-21-40-18-7-17-39/h25-32,34-35,40-42,44H,7-24,39H2,1-6H3,(H,43,45)/t26-,27+,28+,29-,30?,31?,32-,34?,35+,37+,38-/m1/s1. The molecule has 0 aromatic carbocycles. The lowest BCUT2D eigenvalue weighted by molar-refractivity contribution is -0.167. The second-order valence-electron chi connectivity index (χ2n) is 16.8. The van der Waals surface area contributed by atoms with Crippen LogP contribution in [0, 0.1) is 52.3 Å². The maximum Gasteiger partial charge on any atom is 0.328 e. The van der Waals surface area contributed by atoms with Crippen LogP contribution in [-0.4, -0.2) is 81.5 Å². The van der Waals surface area contributed by atoms with Crippen LogP contribution in [0.15, 0.2) is 0 Å². The number of amides is 1. The van der Waals surface area contributed by atoms with Crippen molar-refractivity contribution in [2.45, 2.75) is 130 Å². The summed E-state index contributed by atoms with van der Waals surface area (Å²) in [4.78, 5) is 25.0. The third kappa shape index (κ3) is 9.11. The first kappa shape index (κ1) is 38.5. The third-order valence-electron chi connectivity index (χ3n) is 13.7. The number of nitrogens with one attached hydrogen (secondary N) is 4. The van der Waals surface area contributed by atoms with Crippen molar-refractivity contribution in [3.63, 3.8) is 0 Å². The van der Waals surface area contributed by atoms with Crippen LogP contribution in [0.4, 0.5) is 0 Å². The van der Waals surface area contributed by atoms with Crippen molar-refractivity contribution in [3.05, 3.63) is 0 Å². The van der Waals surface area contributed by atoms with Gasteiger partial charge in [0.2, 0.25) is 5.91 Å². The van der Waals surface area contributed by atoms with E-state index < -0.39 is 6.04 Å². The number of carbonyl (C=O) groups is 2. The van der Waals surface area contributed by atoms with Gasteiger partial charge in [-0.3, -0.25) is 4.79 Å². The number of esters is 1. The summed E-state index contributed by atoms with van der Waals surface area (Å²) in [5, 5.41) is 25.6. The van der Waals surface area contributed by atoms with E-state index in [9.17, 15) is 14.7 Å². The first-order chi connectivity index (χ1) is 22.5. The van der Waals surface area contributed by atoms with Gasteiger partial charge in [0.25, 0.3) is 0 Å². The van der Waals surface area contributed by atoms with Crippen LogP contribution in [0.1, 0.15) is 112 Å². The highest BCUT2D eigenvalue weighted by atomic mass is 16.5. The fourth-order valence-corrected chi connectivity index (χ4v) is 11.0. The molecule has 7 N–H and O–H groups in total. The van der Waals surface area contributed by atoms with Gasteiger partial charge in [0.1, 0.15) is 6.04 Å². The summed E-state index contributed by atoms with van der Waals surface area (Å²) >= 11 is 0. The lowest BCUT2D eigenvalue weighted by atomic mass is 9.43. The van der Waals surface area contributed by atoms with Gasteiger partial charge in [-0.2, -0.15) is 0 Å². The van der Waals surface area contributed by atoms with Gasteiger partial charge < -0.3 is 36.8 Å². The molecule has 0 bridgehead atoms. The lowest BCUT2D eigenvalue weighted by Gasteiger charge is -2.62. The van der Waals surface area contributed by atoms with Crippen molar-refractivity contribution in [2.75, 3.05) is 46.4 Å². The highest BCUT2D eigenvalue weighted by molar-refractivity contribution is 5.84. The molecule has 0 radical (unpaired) electrons. The molecule has 272 valence electrons. The van der Waals surface area contributed by atoms with Crippen LogP contribution in [0.3, 0.4) is 0 Å². The molecule has 9 nitrogen and oxygen atoms in total. The Kier molecular flexibility index (Phi) is 14.4. The minimum atomic E-state index is -0.595. The van der Waals surface area contributed by atoms with E-state index in [1.54, 1.807) is 0 Å². The Morgan fingerprint density at radius 2 is 1.57 bits per heavy atom. The van der Waals surface area contributed by atoms with Crippen LogP contribution in [0.5, 0.6) is 0 Å². The number of rotatable bonds is 18. The number of ether oxygens (including phenoxy) is 1. The molecule has 0 aromatic rings. The number of aliphatic hydroxyl groups excluding tert-OH is 1. The second-order valence-corrected chi connectivity index (χ2v) is 16.8. The number of nitrogens with two attached hydrogens (primary N) is 1. The Morgan fingerprint density at radius 3 is 2.26 bits per heavy atom. The second kappa shape index (κ2) is 17.6. The predicted octanol–water partition coefficient (Wildman–Crippen LogP) is 4.22. The normalized spacial score (nSPS) is 36.2. The van der Waals surface area contributed by atoms with Gasteiger partial charge in [-0.05, 0) is 149 Å². The number of fused-ring (bicyclic) bond motifs is 5. The van der Waals surface area contributed by atoms with E-state index in [0.717, 1.165) is 65.0 Å². The summed E-state index contributed by atoms with van der Waals surface area (Å²) in [6.45, 7) is 17.1. The van der Waals surface area contributed by atoms with E-state index in [1.807, 2.05) is 13.8 Å². The van der Waals surface area contributed by atoms with Crippen LogP contribution >= 0.6 is 0 Å². The molecule has 4 rings (SSSR count). The number of hydrogen-bond acceptors (Lipinski definition) is 8. The molecule has 4 aliphatic rings. The molecule has 47 heavy (non-hydrogen) atoms. The van der Waals surface area contributed by atoms with E-state index in [4.69, 9.17) is 10.5 Å². The van der Waals surface area contributed by atoms with E-state index in [-0.39, 0.29) is 29.3 Å². The topological polar surface area (TPSA) is 138 Å². The average molecular weight is 662 g/mol. The Hall–Kier alpha value is -1.26. The van der Waals surface area contributed by atoms with Crippen LogP contribution in [0.2, 0.25) is 0 Å². The molecule has 0 spiro atoms. The Bertz CT molecular complexity index is 997. The Balaban J connectivity index is 1.25. The minimum absolute atomic E-state index is 0.0133. The molecule has 9 heteroatoms. The summed E-state index contributed by atoms with van der Waals surface area (Å²) in [5.74, 6) is 2.74. The maximum atomic E-state index is 12.9. The summed E-state index contributed by atoms with van der Waals surface area (Å²) in [5.41, 5.74) is 6.10. The highest BCUT2D eigenvalue weighted by Crippen LogP contribution is 2.68. The van der Waals surface area contributed by atoms with Crippen LogP contribution in [-0.2, 0) is 14.3 Å². The van der Waals surface area contributed by atoms with Gasteiger partial charge in [-0.25, -0.2) is 4.79 Å². The molecule has 4 aliphatic carbocycles. The number of hydrogen-bond donors (Lipinski definition) is 6. The predicted molar refractivity (Wildman–Crippen MR) is 190 cm³/mol. The molecular weight excluding hydrogens is 590 g/mol. The molecule has 11 atom stereocenters. The van der Waals surface area contributed by atoms with Gasteiger partial charge >= 0.3 is 5.97 Å². The minimum Gasteiger partial charge on any atom is -0.467 e. The third-order valence-corrected chi connectivity index (χ3v) is 13.7. The molecule has 4 fully saturated rings. The smallest absolute Gasteiger partial charge is 0.328 e. The number of carbonyl (C=O) groups excluding carboxylic acids is 2. The Morgan fingerprint density at radius 1 is 0.894 bits per heavy atom. The molecule has 4 saturated carbocycles. The zero-order chi connectivity index (χ0) is 34.2. The molecule has 0 heterocycles. The summed E-state index contributed by atoms with van der Waals surface area (Å²) < 4.78 is 4.91. The van der Waals surface area contributed by atoms with Crippen molar-refractivity contribution < 1.29 is 19.4 Å². The largest absolute Gasteiger partial charge is 0.467 e. The fourth-order valence-electron chi connectivity index (χ4n) is 11.0. The van der Waals surface area contributed by atoms with Crippen molar-refractivity contribution >= 4 is 11.9 Å². The molecule has 0 aliphatic heterocycles. The van der Waals surface area contributed by atoms with Gasteiger partial charge in [0, 0.05) is 25.6 Å².